The summed E-state index contributed by atoms with van der Waals surface area (Å²) in [5.74, 6) is 1.95. The molecule has 0 saturated heterocycles. The summed E-state index contributed by atoms with van der Waals surface area (Å²) in [6.45, 7) is 0. The van der Waals surface area contributed by atoms with Crippen molar-refractivity contribution in [3.05, 3.63) is 41.5 Å². The van der Waals surface area contributed by atoms with Crippen LogP contribution in [-0.4, -0.2) is 40.4 Å². The first-order chi connectivity index (χ1) is 13.4. The Morgan fingerprint density at radius 1 is 0.750 bits per heavy atom. The first-order valence-corrected chi connectivity index (χ1v) is 9.61. The molecule has 8 nitrogen and oxygen atoms in total. The number of rotatable bonds is 9. The number of hydrogen-bond donors (Lipinski definition) is 1. The number of benzene rings is 2. The molecular weight excluding hydrogens is 387 g/mol. The van der Waals surface area contributed by atoms with Crippen LogP contribution < -0.4 is 23.5 Å². The second kappa shape index (κ2) is 9.50. The van der Waals surface area contributed by atoms with Crippen LogP contribution in [0.15, 0.2) is 30.3 Å². The predicted molar refractivity (Wildman–Crippen MR) is 105 cm³/mol. The van der Waals surface area contributed by atoms with E-state index in [9.17, 15) is 9.46 Å². The molecule has 0 aliphatic heterocycles. The lowest BCUT2D eigenvalue weighted by atomic mass is 10.1. The zero-order chi connectivity index (χ0) is 20.7. The molecule has 28 heavy (non-hydrogen) atoms. The summed E-state index contributed by atoms with van der Waals surface area (Å²) in [4.78, 5) is 9.56. The van der Waals surface area contributed by atoms with E-state index in [-0.39, 0.29) is 5.75 Å². The molecule has 9 heteroatoms. The van der Waals surface area contributed by atoms with Crippen molar-refractivity contribution in [3.8, 4) is 28.7 Å². The fourth-order valence-electron chi connectivity index (χ4n) is 2.42. The third kappa shape index (κ3) is 5.19. The number of ether oxygens (including phenoxy) is 4. The van der Waals surface area contributed by atoms with Gasteiger partial charge in [-0.15, -0.1) is 0 Å². The van der Waals surface area contributed by atoms with Crippen molar-refractivity contribution in [3.63, 3.8) is 0 Å². The Bertz CT molecular complexity index is 868. The van der Waals surface area contributed by atoms with Crippen LogP contribution in [-0.2, 0) is 9.09 Å². The van der Waals surface area contributed by atoms with Gasteiger partial charge < -0.3 is 23.5 Å². The molecule has 0 aliphatic carbocycles. The summed E-state index contributed by atoms with van der Waals surface area (Å²) in [6, 6.07) is 8.56. The Balaban J connectivity index is 2.37. The maximum Gasteiger partial charge on any atom is 0.527 e. The predicted octanol–water partition coefficient (Wildman–Crippen LogP) is 4.02. The molecule has 0 saturated carbocycles. The Morgan fingerprint density at radius 3 is 1.79 bits per heavy atom. The number of hydrogen-bond acceptors (Lipinski definition) is 7. The zero-order valence-electron chi connectivity index (χ0n) is 16.3. The summed E-state index contributed by atoms with van der Waals surface area (Å²) in [7, 11) is 2.93. The SMILES string of the molecule is COc1ccc(/C=C\c2cc(OC)c(OC)c(OC)c2)cc1OP(=O)(O)OC. The topological polar surface area (TPSA) is 92.7 Å². The molecule has 152 valence electrons. The smallest absolute Gasteiger partial charge is 0.493 e. The third-order valence-electron chi connectivity index (χ3n) is 3.79. The van der Waals surface area contributed by atoms with Gasteiger partial charge in [0.25, 0.3) is 0 Å². The Kier molecular flexibility index (Phi) is 7.34. The van der Waals surface area contributed by atoms with Crippen molar-refractivity contribution in [1.29, 1.82) is 0 Å². The van der Waals surface area contributed by atoms with Gasteiger partial charge in [0.05, 0.1) is 28.4 Å². The van der Waals surface area contributed by atoms with E-state index in [1.807, 2.05) is 6.08 Å². The molecule has 1 unspecified atom stereocenters. The Morgan fingerprint density at radius 2 is 1.29 bits per heavy atom. The average molecular weight is 410 g/mol. The van der Waals surface area contributed by atoms with E-state index in [0.717, 1.165) is 12.7 Å². The van der Waals surface area contributed by atoms with Crippen LogP contribution in [0.2, 0.25) is 0 Å². The van der Waals surface area contributed by atoms with Gasteiger partial charge in [0, 0.05) is 7.11 Å². The van der Waals surface area contributed by atoms with Crippen molar-refractivity contribution in [2.24, 2.45) is 0 Å². The lowest BCUT2D eigenvalue weighted by Crippen LogP contribution is -1.97. The van der Waals surface area contributed by atoms with Gasteiger partial charge >= 0.3 is 7.82 Å². The minimum absolute atomic E-state index is 0.0854. The van der Waals surface area contributed by atoms with Gasteiger partial charge in [-0.3, -0.25) is 9.42 Å². The lowest BCUT2D eigenvalue weighted by molar-refractivity contribution is 0.239. The molecule has 2 aromatic carbocycles. The van der Waals surface area contributed by atoms with Crippen molar-refractivity contribution in [2.75, 3.05) is 35.5 Å². The first kappa shape index (κ1) is 21.6. The van der Waals surface area contributed by atoms with Crippen molar-refractivity contribution in [2.45, 2.75) is 0 Å². The monoisotopic (exact) mass is 410 g/mol. The van der Waals surface area contributed by atoms with Crippen LogP contribution in [0.1, 0.15) is 11.1 Å². The second-order valence-electron chi connectivity index (χ2n) is 5.44. The molecular formula is C19H23O8P. The lowest BCUT2D eigenvalue weighted by Gasteiger charge is -2.14. The largest absolute Gasteiger partial charge is 0.527 e. The summed E-state index contributed by atoms with van der Waals surface area (Å²) in [5, 5.41) is 0. The Labute approximate surface area is 163 Å². The molecule has 0 bridgehead atoms. The molecule has 2 aromatic rings. The maximum absolute atomic E-state index is 11.7. The van der Waals surface area contributed by atoms with Gasteiger partial charge in [0.1, 0.15) is 0 Å². The molecule has 0 radical (unpaired) electrons. The average Bonchev–Trinajstić information content (AvgIpc) is 2.71. The maximum atomic E-state index is 11.7. The zero-order valence-corrected chi connectivity index (χ0v) is 17.2. The summed E-state index contributed by atoms with van der Waals surface area (Å²) in [5.41, 5.74) is 1.51. The van der Waals surface area contributed by atoms with Crippen molar-refractivity contribution in [1.82, 2.24) is 0 Å². The van der Waals surface area contributed by atoms with E-state index in [1.54, 1.807) is 50.6 Å². The van der Waals surface area contributed by atoms with Crippen molar-refractivity contribution >= 4 is 20.0 Å². The van der Waals surface area contributed by atoms with Gasteiger partial charge in [0.2, 0.25) is 5.75 Å². The molecule has 1 atom stereocenters. The molecule has 2 rings (SSSR count). The normalized spacial score (nSPS) is 13.1. The van der Waals surface area contributed by atoms with Crippen LogP contribution in [0.3, 0.4) is 0 Å². The molecule has 0 aliphatic rings. The molecule has 1 N–H and O–H groups in total. The highest BCUT2D eigenvalue weighted by Crippen LogP contribution is 2.46. The minimum Gasteiger partial charge on any atom is -0.493 e. The standard InChI is InChI=1S/C19H23O8P/c1-22-15-9-8-13(10-16(15)27-28(20,21)26-5)6-7-14-11-17(23-2)19(25-4)18(12-14)24-3/h6-12H,1-5H3,(H,20,21)/b7-6-. The van der Waals surface area contributed by atoms with Gasteiger partial charge in [0.15, 0.2) is 23.0 Å². The number of phosphoric acid groups is 1. The molecule has 0 spiro atoms. The molecule has 0 heterocycles. The van der Waals surface area contributed by atoms with Gasteiger partial charge in [-0.1, -0.05) is 18.2 Å². The van der Waals surface area contributed by atoms with Crippen LogP contribution in [0.5, 0.6) is 28.7 Å². The summed E-state index contributed by atoms with van der Waals surface area (Å²) >= 11 is 0. The quantitative estimate of drug-likeness (QED) is 0.490. The highest BCUT2D eigenvalue weighted by molar-refractivity contribution is 7.47. The molecule has 0 aromatic heterocycles. The molecule has 0 fully saturated rings. The minimum atomic E-state index is -4.21. The van der Waals surface area contributed by atoms with E-state index in [0.29, 0.717) is 28.6 Å². The number of phosphoric ester groups is 1. The second-order valence-corrected chi connectivity index (χ2v) is 6.93. The van der Waals surface area contributed by atoms with E-state index in [4.69, 9.17) is 23.5 Å². The highest BCUT2D eigenvalue weighted by Gasteiger charge is 2.22. The van der Waals surface area contributed by atoms with Crippen LogP contribution in [0.4, 0.5) is 0 Å². The van der Waals surface area contributed by atoms with Crippen LogP contribution in [0, 0.1) is 0 Å². The van der Waals surface area contributed by atoms with Gasteiger partial charge in [-0.05, 0) is 35.4 Å². The van der Waals surface area contributed by atoms with E-state index >= 15 is 0 Å². The molecule has 0 amide bonds. The number of methoxy groups -OCH3 is 4. The highest BCUT2D eigenvalue weighted by atomic mass is 31.2. The van der Waals surface area contributed by atoms with Crippen molar-refractivity contribution < 1.29 is 37.5 Å². The van der Waals surface area contributed by atoms with Gasteiger partial charge in [-0.25, -0.2) is 4.57 Å². The van der Waals surface area contributed by atoms with Crippen LogP contribution in [0.25, 0.3) is 12.2 Å². The fraction of sp³-hybridized carbons (Fsp3) is 0.263. The third-order valence-corrected chi connectivity index (χ3v) is 4.68. The van der Waals surface area contributed by atoms with Crippen LogP contribution >= 0.6 is 7.82 Å². The Hall–Kier alpha value is -2.67. The van der Waals surface area contributed by atoms with E-state index < -0.39 is 7.82 Å². The van der Waals surface area contributed by atoms with Gasteiger partial charge in [-0.2, -0.15) is 0 Å². The first-order valence-electron chi connectivity index (χ1n) is 8.11. The fourth-order valence-corrected chi connectivity index (χ4v) is 2.89. The summed E-state index contributed by atoms with van der Waals surface area (Å²) in [6.07, 6.45) is 3.62. The van der Waals surface area contributed by atoms with E-state index in [2.05, 4.69) is 4.52 Å². The van der Waals surface area contributed by atoms with E-state index in [1.165, 1.54) is 14.2 Å². The summed E-state index contributed by atoms with van der Waals surface area (Å²) < 4.78 is 42.4.